The molecule has 0 bridgehead atoms. The number of halogens is 1. The van der Waals surface area contributed by atoms with Crippen molar-refractivity contribution < 1.29 is 0 Å². The van der Waals surface area contributed by atoms with E-state index >= 15 is 0 Å². The topological polar surface area (TPSA) is 52.0 Å². The van der Waals surface area contributed by atoms with E-state index in [9.17, 15) is 0 Å². The van der Waals surface area contributed by atoms with Crippen molar-refractivity contribution in [2.75, 3.05) is 6.54 Å². The maximum absolute atomic E-state index is 5.81. The summed E-state index contributed by atoms with van der Waals surface area (Å²) in [5, 5.41) is 0.914. The summed E-state index contributed by atoms with van der Waals surface area (Å²) in [7, 11) is 0. The monoisotopic (exact) mass is 160 g/mol. The van der Waals surface area contributed by atoms with Gasteiger partial charge in [-0.2, -0.15) is 0 Å². The van der Waals surface area contributed by atoms with E-state index in [1.165, 1.54) is 0 Å². The summed E-state index contributed by atoms with van der Waals surface area (Å²) in [6.07, 6.45) is 3.87. The first kappa shape index (κ1) is 8.05. The SMILES string of the molecule is NCC1C=C(Cl)CCC1N. The van der Waals surface area contributed by atoms with Gasteiger partial charge in [0.2, 0.25) is 0 Å². The second kappa shape index (κ2) is 3.37. The Labute approximate surface area is 66.2 Å². The molecule has 4 N–H and O–H groups in total. The molecule has 3 heteroatoms. The van der Waals surface area contributed by atoms with Crippen molar-refractivity contribution in [1.29, 1.82) is 0 Å². The third-order valence-electron chi connectivity index (χ3n) is 1.93. The highest BCUT2D eigenvalue weighted by Crippen LogP contribution is 2.23. The minimum atomic E-state index is 0.215. The first-order valence-corrected chi connectivity index (χ1v) is 3.93. The van der Waals surface area contributed by atoms with Crippen LogP contribution in [0.5, 0.6) is 0 Å². The highest BCUT2D eigenvalue weighted by Gasteiger charge is 2.18. The minimum Gasteiger partial charge on any atom is -0.330 e. The molecule has 0 radical (unpaired) electrons. The molecule has 0 fully saturated rings. The molecule has 58 valence electrons. The van der Waals surface area contributed by atoms with Crippen LogP contribution in [0.15, 0.2) is 11.1 Å². The third kappa shape index (κ3) is 1.72. The molecule has 0 saturated carbocycles. The van der Waals surface area contributed by atoms with E-state index in [0.29, 0.717) is 12.5 Å². The molecule has 0 aromatic heterocycles. The maximum Gasteiger partial charge on any atom is 0.0145 e. The standard InChI is InChI=1S/C7H13ClN2/c8-6-1-2-7(10)5(3-6)4-9/h3,5,7H,1-2,4,9-10H2. The molecular weight excluding hydrogens is 148 g/mol. The average molecular weight is 161 g/mol. The molecule has 0 aliphatic heterocycles. The van der Waals surface area contributed by atoms with Gasteiger partial charge in [0.25, 0.3) is 0 Å². The highest BCUT2D eigenvalue weighted by atomic mass is 35.5. The van der Waals surface area contributed by atoms with E-state index in [2.05, 4.69) is 0 Å². The van der Waals surface area contributed by atoms with Gasteiger partial charge in [-0.3, -0.25) is 0 Å². The van der Waals surface area contributed by atoms with Gasteiger partial charge < -0.3 is 11.5 Å². The molecule has 10 heavy (non-hydrogen) atoms. The Morgan fingerprint density at radius 3 is 2.90 bits per heavy atom. The van der Waals surface area contributed by atoms with Gasteiger partial charge in [-0.1, -0.05) is 17.7 Å². The van der Waals surface area contributed by atoms with Gasteiger partial charge in [-0.05, 0) is 12.8 Å². The number of rotatable bonds is 1. The van der Waals surface area contributed by atoms with Crippen LogP contribution >= 0.6 is 11.6 Å². The van der Waals surface area contributed by atoms with Crippen LogP contribution in [-0.2, 0) is 0 Å². The maximum atomic E-state index is 5.81. The van der Waals surface area contributed by atoms with Gasteiger partial charge in [-0.25, -0.2) is 0 Å². The molecule has 0 saturated heterocycles. The molecule has 1 rings (SSSR count). The molecule has 0 spiro atoms. The van der Waals surface area contributed by atoms with E-state index in [0.717, 1.165) is 17.9 Å². The van der Waals surface area contributed by atoms with Crippen LogP contribution in [0.2, 0.25) is 0 Å². The van der Waals surface area contributed by atoms with Crippen molar-refractivity contribution in [2.24, 2.45) is 17.4 Å². The lowest BCUT2D eigenvalue weighted by Gasteiger charge is -2.23. The zero-order chi connectivity index (χ0) is 7.56. The van der Waals surface area contributed by atoms with Crippen LogP contribution in [0, 0.1) is 5.92 Å². The zero-order valence-electron chi connectivity index (χ0n) is 5.89. The van der Waals surface area contributed by atoms with Crippen LogP contribution in [-0.4, -0.2) is 12.6 Å². The molecule has 1 aliphatic rings. The fraction of sp³-hybridized carbons (Fsp3) is 0.714. The third-order valence-corrected chi connectivity index (χ3v) is 2.25. The van der Waals surface area contributed by atoms with Crippen molar-refractivity contribution in [2.45, 2.75) is 18.9 Å². The van der Waals surface area contributed by atoms with E-state index < -0.39 is 0 Å². The smallest absolute Gasteiger partial charge is 0.0145 e. The van der Waals surface area contributed by atoms with Crippen LogP contribution in [0.3, 0.4) is 0 Å². The molecule has 0 aromatic rings. The van der Waals surface area contributed by atoms with Crippen LogP contribution < -0.4 is 11.5 Å². The Kier molecular flexibility index (Phi) is 2.72. The zero-order valence-corrected chi connectivity index (χ0v) is 6.64. The molecule has 2 nitrogen and oxygen atoms in total. The van der Waals surface area contributed by atoms with Crippen molar-refractivity contribution in [3.8, 4) is 0 Å². The minimum absolute atomic E-state index is 0.215. The van der Waals surface area contributed by atoms with Crippen LogP contribution in [0.4, 0.5) is 0 Å². The van der Waals surface area contributed by atoms with Gasteiger partial charge in [0.15, 0.2) is 0 Å². The van der Waals surface area contributed by atoms with Crippen molar-refractivity contribution >= 4 is 11.6 Å². The van der Waals surface area contributed by atoms with Gasteiger partial charge in [0.1, 0.15) is 0 Å². The normalized spacial score (nSPS) is 33.7. The van der Waals surface area contributed by atoms with Crippen molar-refractivity contribution in [1.82, 2.24) is 0 Å². The largest absolute Gasteiger partial charge is 0.330 e. The van der Waals surface area contributed by atoms with Crippen molar-refractivity contribution in [3.63, 3.8) is 0 Å². The summed E-state index contributed by atoms with van der Waals surface area (Å²) in [4.78, 5) is 0. The molecule has 0 aromatic carbocycles. The van der Waals surface area contributed by atoms with Gasteiger partial charge >= 0.3 is 0 Å². The molecule has 2 atom stereocenters. The fourth-order valence-electron chi connectivity index (χ4n) is 1.20. The van der Waals surface area contributed by atoms with Gasteiger partial charge in [0, 0.05) is 23.5 Å². The molecule has 2 unspecified atom stereocenters. The predicted octanol–water partition coefficient (Wildman–Crippen LogP) is 0.805. The lowest BCUT2D eigenvalue weighted by atomic mass is 9.91. The van der Waals surface area contributed by atoms with E-state index in [1.807, 2.05) is 6.08 Å². The number of hydrogen-bond acceptors (Lipinski definition) is 2. The van der Waals surface area contributed by atoms with E-state index in [1.54, 1.807) is 0 Å². The first-order valence-electron chi connectivity index (χ1n) is 3.56. The van der Waals surface area contributed by atoms with Gasteiger partial charge in [0.05, 0.1) is 0 Å². The van der Waals surface area contributed by atoms with Crippen LogP contribution in [0.25, 0.3) is 0 Å². The predicted molar refractivity (Wildman–Crippen MR) is 43.7 cm³/mol. The summed E-state index contributed by atoms with van der Waals surface area (Å²) >= 11 is 5.81. The molecule has 1 aliphatic carbocycles. The number of allylic oxidation sites excluding steroid dienone is 1. The summed E-state index contributed by atoms with van der Waals surface area (Å²) in [5.74, 6) is 0.293. The summed E-state index contributed by atoms with van der Waals surface area (Å²) < 4.78 is 0. The molecule has 0 heterocycles. The van der Waals surface area contributed by atoms with Gasteiger partial charge in [-0.15, -0.1) is 0 Å². The quantitative estimate of drug-likeness (QED) is 0.597. The second-order valence-corrected chi connectivity index (χ2v) is 3.20. The Balaban J connectivity index is 2.59. The summed E-state index contributed by atoms with van der Waals surface area (Å²) in [6, 6.07) is 0.215. The summed E-state index contributed by atoms with van der Waals surface area (Å²) in [5.41, 5.74) is 11.2. The van der Waals surface area contributed by atoms with Crippen LogP contribution in [0.1, 0.15) is 12.8 Å². The fourth-order valence-corrected chi connectivity index (χ4v) is 1.47. The summed E-state index contributed by atoms with van der Waals surface area (Å²) in [6.45, 7) is 0.609. The Morgan fingerprint density at radius 2 is 2.40 bits per heavy atom. The van der Waals surface area contributed by atoms with Crippen molar-refractivity contribution in [3.05, 3.63) is 11.1 Å². The Hall–Kier alpha value is -0.0500. The lowest BCUT2D eigenvalue weighted by Crippen LogP contribution is -2.35. The Morgan fingerprint density at radius 1 is 1.70 bits per heavy atom. The number of nitrogens with two attached hydrogens (primary N) is 2. The molecule has 0 amide bonds. The molecular formula is C7H13ClN2. The van der Waals surface area contributed by atoms with E-state index in [4.69, 9.17) is 23.1 Å². The van der Waals surface area contributed by atoms with E-state index in [-0.39, 0.29) is 6.04 Å². The number of hydrogen-bond donors (Lipinski definition) is 2. The highest BCUT2D eigenvalue weighted by molar-refractivity contribution is 6.29. The average Bonchev–Trinajstić information content (AvgIpc) is 1.94. The Bertz CT molecular complexity index is 145. The first-order chi connectivity index (χ1) is 4.74. The lowest BCUT2D eigenvalue weighted by molar-refractivity contribution is 0.460. The second-order valence-electron chi connectivity index (χ2n) is 2.72.